The van der Waals surface area contributed by atoms with Gasteiger partial charge in [-0.3, -0.25) is 0 Å². The fourth-order valence-electron chi connectivity index (χ4n) is 3.44. The Labute approximate surface area is 133 Å². The summed E-state index contributed by atoms with van der Waals surface area (Å²) in [6, 6.07) is 0.293. The standard InChI is InChI=1S/C16H29N3O3/c1-4-22-16(21)19-9-7-18(8-10-19)15(20)17-14-6-5-12(2)11-13(14)3/h12-14H,4-11H2,1-3H3,(H,17,20)/t12-,13-,14-/m1/s1. The monoisotopic (exact) mass is 311 g/mol. The molecule has 1 saturated heterocycles. The summed E-state index contributed by atoms with van der Waals surface area (Å²) >= 11 is 0. The first kappa shape index (κ1) is 16.9. The smallest absolute Gasteiger partial charge is 0.409 e. The second kappa shape index (κ2) is 7.70. The van der Waals surface area contributed by atoms with Crippen molar-refractivity contribution in [1.29, 1.82) is 0 Å². The molecular weight excluding hydrogens is 282 g/mol. The number of rotatable bonds is 2. The highest BCUT2D eigenvalue weighted by molar-refractivity contribution is 5.75. The average molecular weight is 311 g/mol. The van der Waals surface area contributed by atoms with E-state index in [1.165, 1.54) is 12.8 Å². The molecule has 3 atom stereocenters. The highest BCUT2D eigenvalue weighted by Crippen LogP contribution is 2.28. The second-order valence-corrected chi connectivity index (χ2v) is 6.62. The summed E-state index contributed by atoms with van der Waals surface area (Å²) in [6.07, 6.45) is 3.15. The molecule has 2 aliphatic rings. The van der Waals surface area contributed by atoms with Crippen molar-refractivity contribution in [1.82, 2.24) is 15.1 Å². The Morgan fingerprint density at radius 3 is 2.32 bits per heavy atom. The number of hydrogen-bond acceptors (Lipinski definition) is 3. The van der Waals surface area contributed by atoms with E-state index in [2.05, 4.69) is 19.2 Å². The molecule has 6 nitrogen and oxygen atoms in total. The van der Waals surface area contributed by atoms with E-state index in [0.717, 1.165) is 12.3 Å². The maximum Gasteiger partial charge on any atom is 0.409 e. The molecule has 0 aromatic carbocycles. The Bertz CT molecular complexity index is 394. The van der Waals surface area contributed by atoms with E-state index in [-0.39, 0.29) is 18.2 Å². The minimum atomic E-state index is -0.280. The number of amides is 3. The molecule has 0 bridgehead atoms. The molecule has 0 radical (unpaired) electrons. The summed E-state index contributed by atoms with van der Waals surface area (Å²) in [5.74, 6) is 1.30. The molecule has 1 heterocycles. The zero-order valence-electron chi connectivity index (χ0n) is 14.0. The normalized spacial score (nSPS) is 29.1. The van der Waals surface area contributed by atoms with Crippen molar-refractivity contribution in [2.75, 3.05) is 32.8 Å². The number of nitrogens with one attached hydrogen (secondary N) is 1. The molecule has 0 unspecified atom stereocenters. The van der Waals surface area contributed by atoms with Gasteiger partial charge in [-0.1, -0.05) is 13.8 Å². The summed E-state index contributed by atoms with van der Waals surface area (Å²) in [5.41, 5.74) is 0. The fraction of sp³-hybridized carbons (Fsp3) is 0.875. The summed E-state index contributed by atoms with van der Waals surface area (Å²) in [4.78, 5) is 27.5. The van der Waals surface area contributed by atoms with Crippen LogP contribution in [0.4, 0.5) is 9.59 Å². The van der Waals surface area contributed by atoms with E-state index in [0.29, 0.717) is 38.7 Å². The van der Waals surface area contributed by atoms with Crippen LogP contribution in [-0.4, -0.2) is 60.8 Å². The molecule has 126 valence electrons. The molecule has 22 heavy (non-hydrogen) atoms. The Morgan fingerprint density at radius 2 is 1.73 bits per heavy atom. The lowest BCUT2D eigenvalue weighted by molar-refractivity contribution is 0.0838. The van der Waals surface area contributed by atoms with Gasteiger partial charge in [0.25, 0.3) is 0 Å². The molecule has 1 N–H and O–H groups in total. The van der Waals surface area contributed by atoms with Crippen molar-refractivity contribution in [3.63, 3.8) is 0 Å². The first-order valence-corrected chi connectivity index (χ1v) is 8.48. The minimum absolute atomic E-state index is 0.00918. The van der Waals surface area contributed by atoms with E-state index in [1.807, 2.05) is 0 Å². The minimum Gasteiger partial charge on any atom is -0.450 e. The Hall–Kier alpha value is -1.46. The van der Waals surface area contributed by atoms with Crippen LogP contribution in [-0.2, 0) is 4.74 Å². The van der Waals surface area contributed by atoms with Crippen molar-refractivity contribution in [2.45, 2.75) is 46.1 Å². The van der Waals surface area contributed by atoms with Gasteiger partial charge in [-0.2, -0.15) is 0 Å². The third-order valence-corrected chi connectivity index (χ3v) is 4.83. The van der Waals surface area contributed by atoms with Crippen LogP contribution in [0.25, 0.3) is 0 Å². The first-order chi connectivity index (χ1) is 10.5. The van der Waals surface area contributed by atoms with Crippen LogP contribution in [0.5, 0.6) is 0 Å². The van der Waals surface area contributed by atoms with Gasteiger partial charge in [0.1, 0.15) is 0 Å². The van der Waals surface area contributed by atoms with Gasteiger partial charge in [-0.25, -0.2) is 9.59 Å². The summed E-state index contributed by atoms with van der Waals surface area (Å²) in [6.45, 7) is 8.92. The Balaban J connectivity index is 1.76. The van der Waals surface area contributed by atoms with Crippen LogP contribution in [0.15, 0.2) is 0 Å². The maximum absolute atomic E-state index is 12.4. The van der Waals surface area contributed by atoms with E-state index >= 15 is 0 Å². The van der Waals surface area contributed by atoms with Crippen LogP contribution < -0.4 is 5.32 Å². The van der Waals surface area contributed by atoms with Gasteiger partial charge in [-0.05, 0) is 38.0 Å². The lowest BCUT2D eigenvalue weighted by atomic mass is 9.80. The Morgan fingerprint density at radius 1 is 1.09 bits per heavy atom. The number of nitrogens with zero attached hydrogens (tertiary/aromatic N) is 2. The summed E-state index contributed by atoms with van der Waals surface area (Å²) in [5, 5.41) is 3.18. The van der Waals surface area contributed by atoms with E-state index < -0.39 is 0 Å². The quantitative estimate of drug-likeness (QED) is 0.851. The maximum atomic E-state index is 12.4. The third kappa shape index (κ3) is 4.27. The second-order valence-electron chi connectivity index (χ2n) is 6.62. The lowest BCUT2D eigenvalue weighted by Crippen LogP contribution is -2.55. The number of piperazine rings is 1. The van der Waals surface area contributed by atoms with Gasteiger partial charge >= 0.3 is 12.1 Å². The van der Waals surface area contributed by atoms with Crippen LogP contribution in [0, 0.1) is 11.8 Å². The molecule has 1 saturated carbocycles. The molecule has 6 heteroatoms. The van der Waals surface area contributed by atoms with Crippen LogP contribution in [0.1, 0.15) is 40.0 Å². The predicted molar refractivity (Wildman–Crippen MR) is 84.7 cm³/mol. The highest BCUT2D eigenvalue weighted by Gasteiger charge is 2.30. The van der Waals surface area contributed by atoms with Crippen LogP contribution in [0.3, 0.4) is 0 Å². The largest absolute Gasteiger partial charge is 0.450 e. The van der Waals surface area contributed by atoms with Gasteiger partial charge in [0.05, 0.1) is 6.61 Å². The number of carbonyl (C=O) groups is 2. The van der Waals surface area contributed by atoms with Crippen molar-refractivity contribution in [3.8, 4) is 0 Å². The van der Waals surface area contributed by atoms with Crippen LogP contribution >= 0.6 is 0 Å². The Kier molecular flexibility index (Phi) is 5.91. The molecule has 0 aromatic heterocycles. The van der Waals surface area contributed by atoms with Crippen LogP contribution in [0.2, 0.25) is 0 Å². The predicted octanol–water partition coefficient (Wildman–Crippen LogP) is 2.29. The zero-order valence-corrected chi connectivity index (χ0v) is 14.0. The molecule has 0 aromatic rings. The lowest BCUT2D eigenvalue weighted by Gasteiger charge is -2.37. The molecule has 1 aliphatic heterocycles. The molecule has 3 amide bonds. The molecule has 2 rings (SSSR count). The fourth-order valence-corrected chi connectivity index (χ4v) is 3.44. The molecule has 1 aliphatic carbocycles. The number of carbonyl (C=O) groups excluding carboxylic acids is 2. The van der Waals surface area contributed by atoms with E-state index in [4.69, 9.17) is 4.74 Å². The number of hydrogen-bond donors (Lipinski definition) is 1. The highest BCUT2D eigenvalue weighted by atomic mass is 16.6. The van der Waals surface area contributed by atoms with Crippen molar-refractivity contribution < 1.29 is 14.3 Å². The summed E-state index contributed by atoms with van der Waals surface area (Å²) in [7, 11) is 0. The van der Waals surface area contributed by atoms with Crippen molar-refractivity contribution in [2.24, 2.45) is 11.8 Å². The van der Waals surface area contributed by atoms with E-state index in [9.17, 15) is 9.59 Å². The van der Waals surface area contributed by atoms with E-state index in [1.54, 1.807) is 16.7 Å². The molecule has 0 spiro atoms. The molecular formula is C16H29N3O3. The third-order valence-electron chi connectivity index (χ3n) is 4.83. The van der Waals surface area contributed by atoms with Gasteiger partial charge in [0, 0.05) is 32.2 Å². The first-order valence-electron chi connectivity index (χ1n) is 8.48. The van der Waals surface area contributed by atoms with Gasteiger partial charge in [0.2, 0.25) is 0 Å². The number of ether oxygens (including phenoxy) is 1. The summed E-state index contributed by atoms with van der Waals surface area (Å²) < 4.78 is 4.99. The molecule has 2 fully saturated rings. The van der Waals surface area contributed by atoms with Gasteiger partial charge in [-0.15, -0.1) is 0 Å². The average Bonchev–Trinajstić information content (AvgIpc) is 2.50. The van der Waals surface area contributed by atoms with Crippen molar-refractivity contribution in [3.05, 3.63) is 0 Å². The van der Waals surface area contributed by atoms with Crippen molar-refractivity contribution >= 4 is 12.1 Å². The topological polar surface area (TPSA) is 61.9 Å². The number of urea groups is 1. The van der Waals surface area contributed by atoms with Gasteiger partial charge in [0.15, 0.2) is 0 Å². The SMILES string of the molecule is CCOC(=O)N1CCN(C(=O)N[C@@H]2CC[C@@H](C)C[C@H]2C)CC1. The van der Waals surface area contributed by atoms with Gasteiger partial charge < -0.3 is 19.9 Å². The zero-order chi connectivity index (χ0) is 16.1.